The van der Waals surface area contributed by atoms with E-state index in [2.05, 4.69) is 81.1 Å². The maximum absolute atomic E-state index is 5.34. The van der Waals surface area contributed by atoms with Crippen molar-refractivity contribution >= 4 is 5.57 Å². The molecule has 0 aromatic heterocycles. The van der Waals surface area contributed by atoms with Crippen molar-refractivity contribution in [2.45, 2.75) is 51.4 Å². The van der Waals surface area contributed by atoms with Gasteiger partial charge < -0.3 is 4.74 Å². The molecule has 0 unspecified atom stereocenters. The van der Waals surface area contributed by atoms with E-state index in [9.17, 15) is 0 Å². The van der Waals surface area contributed by atoms with E-state index in [1.165, 1.54) is 59.1 Å². The number of rotatable bonds is 5. The molecule has 0 spiro atoms. The minimum atomic E-state index is 0.682. The van der Waals surface area contributed by atoms with Gasteiger partial charge in [-0.3, -0.25) is 0 Å². The van der Waals surface area contributed by atoms with Gasteiger partial charge in [0.05, 0.1) is 7.11 Å². The summed E-state index contributed by atoms with van der Waals surface area (Å²) in [4.78, 5) is 0. The van der Waals surface area contributed by atoms with E-state index in [0.717, 1.165) is 11.3 Å². The summed E-state index contributed by atoms with van der Waals surface area (Å²) >= 11 is 0. The van der Waals surface area contributed by atoms with Crippen LogP contribution in [-0.4, -0.2) is 7.11 Å². The van der Waals surface area contributed by atoms with Crippen LogP contribution in [0, 0.1) is 6.92 Å². The second-order valence-corrected chi connectivity index (χ2v) is 8.75. The summed E-state index contributed by atoms with van der Waals surface area (Å²) in [7, 11) is 1.72. The van der Waals surface area contributed by atoms with Gasteiger partial charge in [0.15, 0.2) is 0 Å². The summed E-state index contributed by atoms with van der Waals surface area (Å²) < 4.78 is 5.34. The second-order valence-electron chi connectivity index (χ2n) is 8.75. The average Bonchev–Trinajstić information content (AvgIpc) is 2.79. The topological polar surface area (TPSA) is 9.23 Å². The van der Waals surface area contributed by atoms with Crippen LogP contribution in [0.4, 0.5) is 0 Å². The van der Waals surface area contributed by atoms with Crippen LogP contribution in [0.5, 0.6) is 5.75 Å². The Morgan fingerprint density at radius 3 is 1.80 bits per heavy atom. The minimum Gasteiger partial charge on any atom is -0.497 e. The lowest BCUT2D eigenvalue weighted by molar-refractivity contribution is 0.396. The molecule has 1 saturated carbocycles. The summed E-state index contributed by atoms with van der Waals surface area (Å²) in [6.45, 7) is 8.26. The first-order chi connectivity index (χ1) is 14.5. The lowest BCUT2D eigenvalue weighted by Crippen LogP contribution is -2.12. The van der Waals surface area contributed by atoms with Crippen LogP contribution in [0.3, 0.4) is 0 Å². The van der Waals surface area contributed by atoms with Crippen LogP contribution in [0.25, 0.3) is 16.7 Å². The largest absolute Gasteiger partial charge is 0.497 e. The molecular formula is C29H32O. The van der Waals surface area contributed by atoms with E-state index in [1.54, 1.807) is 7.11 Å². The number of hydrogen-bond acceptors (Lipinski definition) is 1. The molecule has 3 aromatic rings. The summed E-state index contributed by atoms with van der Waals surface area (Å²) in [5.74, 6) is 2.29. The van der Waals surface area contributed by atoms with Crippen molar-refractivity contribution < 1.29 is 4.74 Å². The van der Waals surface area contributed by atoms with Crippen LogP contribution < -0.4 is 4.74 Å². The fourth-order valence-electron chi connectivity index (χ4n) is 4.82. The number of allylic oxidation sites excluding steroid dienone is 1. The summed E-state index contributed by atoms with van der Waals surface area (Å²) in [5.41, 5.74) is 9.18. The number of methoxy groups -OCH3 is 1. The SMILES string of the molecule is C=C(C)c1ccc(C2CCC(c3ccc(-c4ccc(OC)cc4C)cc3)CC2)cc1. The highest BCUT2D eigenvalue weighted by Gasteiger charge is 2.23. The van der Waals surface area contributed by atoms with Crippen LogP contribution >= 0.6 is 0 Å². The first-order valence-corrected chi connectivity index (χ1v) is 11.1. The van der Waals surface area contributed by atoms with Crippen LogP contribution in [0.15, 0.2) is 73.3 Å². The highest BCUT2D eigenvalue weighted by atomic mass is 16.5. The summed E-state index contributed by atoms with van der Waals surface area (Å²) in [5, 5.41) is 0. The molecular weight excluding hydrogens is 364 g/mol. The Morgan fingerprint density at radius 1 is 0.800 bits per heavy atom. The molecule has 0 amide bonds. The first kappa shape index (κ1) is 20.5. The zero-order chi connectivity index (χ0) is 21.1. The molecule has 4 rings (SSSR count). The monoisotopic (exact) mass is 396 g/mol. The van der Waals surface area contributed by atoms with Crippen molar-refractivity contribution in [2.24, 2.45) is 0 Å². The lowest BCUT2D eigenvalue weighted by atomic mass is 9.76. The molecule has 1 nitrogen and oxygen atoms in total. The highest BCUT2D eigenvalue weighted by molar-refractivity contribution is 5.68. The van der Waals surface area contributed by atoms with Gasteiger partial charge in [-0.15, -0.1) is 0 Å². The van der Waals surface area contributed by atoms with Crippen molar-refractivity contribution in [3.63, 3.8) is 0 Å². The van der Waals surface area contributed by atoms with Crippen molar-refractivity contribution in [3.8, 4) is 16.9 Å². The van der Waals surface area contributed by atoms with E-state index in [1.807, 2.05) is 6.07 Å². The predicted octanol–water partition coefficient (Wildman–Crippen LogP) is 8.15. The number of hydrogen-bond donors (Lipinski definition) is 0. The Kier molecular flexibility index (Phi) is 6.08. The Bertz CT molecular complexity index is 1000. The Labute approximate surface area is 181 Å². The number of ether oxygens (including phenoxy) is 1. The molecule has 0 saturated heterocycles. The molecule has 1 fully saturated rings. The molecule has 0 N–H and O–H groups in total. The molecule has 0 aliphatic heterocycles. The van der Waals surface area contributed by atoms with Gasteiger partial charge in [0, 0.05) is 0 Å². The van der Waals surface area contributed by atoms with Gasteiger partial charge in [0.1, 0.15) is 5.75 Å². The van der Waals surface area contributed by atoms with Gasteiger partial charge >= 0.3 is 0 Å². The molecule has 0 bridgehead atoms. The van der Waals surface area contributed by atoms with Gasteiger partial charge in [-0.1, -0.05) is 66.7 Å². The summed E-state index contributed by atoms with van der Waals surface area (Å²) in [6.07, 6.45) is 5.09. The molecule has 0 atom stereocenters. The Hall–Kier alpha value is -2.80. The zero-order valence-corrected chi connectivity index (χ0v) is 18.4. The number of aryl methyl sites for hydroxylation is 1. The molecule has 1 aliphatic carbocycles. The zero-order valence-electron chi connectivity index (χ0n) is 18.4. The predicted molar refractivity (Wildman–Crippen MR) is 128 cm³/mol. The second kappa shape index (κ2) is 8.92. The van der Waals surface area contributed by atoms with Crippen LogP contribution in [-0.2, 0) is 0 Å². The Morgan fingerprint density at radius 2 is 1.33 bits per heavy atom. The normalized spacial score (nSPS) is 18.8. The fraction of sp³-hybridized carbons (Fsp3) is 0.310. The van der Waals surface area contributed by atoms with Gasteiger partial charge in [-0.05, 0) is 96.9 Å². The third-order valence-electron chi connectivity index (χ3n) is 6.73. The van der Waals surface area contributed by atoms with E-state index in [0.29, 0.717) is 11.8 Å². The van der Waals surface area contributed by atoms with Gasteiger partial charge in [-0.2, -0.15) is 0 Å². The van der Waals surface area contributed by atoms with Gasteiger partial charge in [0.2, 0.25) is 0 Å². The molecule has 3 aromatic carbocycles. The first-order valence-electron chi connectivity index (χ1n) is 11.1. The average molecular weight is 397 g/mol. The molecule has 30 heavy (non-hydrogen) atoms. The highest BCUT2D eigenvalue weighted by Crippen LogP contribution is 2.41. The fourth-order valence-corrected chi connectivity index (χ4v) is 4.82. The third-order valence-corrected chi connectivity index (χ3v) is 6.73. The van der Waals surface area contributed by atoms with Gasteiger partial charge in [-0.25, -0.2) is 0 Å². The molecule has 1 aliphatic rings. The summed E-state index contributed by atoms with van der Waals surface area (Å²) in [6, 6.07) is 24.6. The van der Waals surface area contributed by atoms with E-state index in [4.69, 9.17) is 4.74 Å². The smallest absolute Gasteiger partial charge is 0.119 e. The van der Waals surface area contributed by atoms with E-state index in [-0.39, 0.29) is 0 Å². The lowest BCUT2D eigenvalue weighted by Gasteiger charge is -2.29. The van der Waals surface area contributed by atoms with Crippen LogP contribution in [0.2, 0.25) is 0 Å². The van der Waals surface area contributed by atoms with Gasteiger partial charge in [0.25, 0.3) is 0 Å². The molecule has 154 valence electrons. The van der Waals surface area contributed by atoms with Crippen molar-refractivity contribution in [2.75, 3.05) is 7.11 Å². The van der Waals surface area contributed by atoms with Crippen molar-refractivity contribution in [1.29, 1.82) is 0 Å². The van der Waals surface area contributed by atoms with Crippen molar-refractivity contribution in [1.82, 2.24) is 0 Å². The maximum atomic E-state index is 5.34. The standard InChI is InChI=1S/C29H32O/c1-20(2)22-5-7-23(8-6-22)24-9-11-25(12-10-24)26-13-15-27(16-14-26)29-18-17-28(30-4)19-21(29)3/h5-8,13-19,24-25H,1,9-12H2,2-4H3. The Balaban J connectivity index is 1.41. The van der Waals surface area contributed by atoms with Crippen LogP contribution in [0.1, 0.15) is 66.7 Å². The number of benzene rings is 3. The molecule has 1 heteroatoms. The van der Waals surface area contributed by atoms with E-state index < -0.39 is 0 Å². The molecule has 0 radical (unpaired) electrons. The quantitative estimate of drug-likeness (QED) is 0.423. The van der Waals surface area contributed by atoms with Crippen molar-refractivity contribution in [3.05, 3.63) is 95.6 Å². The molecule has 0 heterocycles. The maximum Gasteiger partial charge on any atom is 0.119 e. The minimum absolute atomic E-state index is 0.682. The van der Waals surface area contributed by atoms with E-state index >= 15 is 0 Å². The third kappa shape index (κ3) is 4.36.